The van der Waals surface area contributed by atoms with Crippen LogP contribution in [0.2, 0.25) is 0 Å². The molecule has 28 heavy (non-hydrogen) atoms. The van der Waals surface area contributed by atoms with E-state index in [1.54, 1.807) is 49.4 Å². The molecule has 9 nitrogen and oxygen atoms in total. The molecule has 0 saturated carbocycles. The van der Waals surface area contributed by atoms with E-state index >= 15 is 0 Å². The molecule has 1 amide bonds. The van der Waals surface area contributed by atoms with Gasteiger partial charge in [0.2, 0.25) is 11.1 Å². The highest BCUT2D eigenvalue weighted by Gasteiger charge is 2.20. The summed E-state index contributed by atoms with van der Waals surface area (Å²) in [7, 11) is 0. The van der Waals surface area contributed by atoms with Crippen LogP contribution in [0.25, 0.3) is 5.69 Å². The molecule has 4 rings (SSSR count). The zero-order valence-electron chi connectivity index (χ0n) is 14.9. The third-order valence-corrected chi connectivity index (χ3v) is 5.03. The van der Waals surface area contributed by atoms with Crippen LogP contribution in [0, 0.1) is 0 Å². The van der Waals surface area contributed by atoms with Gasteiger partial charge in [0.1, 0.15) is 19.0 Å². The van der Waals surface area contributed by atoms with Gasteiger partial charge in [0, 0.05) is 11.8 Å². The summed E-state index contributed by atoms with van der Waals surface area (Å²) >= 11 is 1.23. The first kappa shape index (κ1) is 18.1. The van der Waals surface area contributed by atoms with Crippen molar-refractivity contribution in [2.45, 2.75) is 17.3 Å². The highest BCUT2D eigenvalue weighted by molar-refractivity contribution is 8.00. The van der Waals surface area contributed by atoms with E-state index in [0.717, 1.165) is 0 Å². The number of fused-ring (bicyclic) bond motifs is 1. The fourth-order valence-electron chi connectivity index (χ4n) is 2.58. The van der Waals surface area contributed by atoms with Crippen LogP contribution in [-0.2, 0) is 4.79 Å². The van der Waals surface area contributed by atoms with E-state index in [0.29, 0.717) is 41.2 Å². The van der Waals surface area contributed by atoms with Crippen LogP contribution in [0.4, 0.5) is 5.69 Å². The Morgan fingerprint density at radius 1 is 1.18 bits per heavy atom. The van der Waals surface area contributed by atoms with E-state index < -0.39 is 5.25 Å². The average Bonchev–Trinajstić information content (AvgIpc) is 3.16. The molecule has 1 aromatic heterocycles. The fourth-order valence-corrected chi connectivity index (χ4v) is 3.39. The summed E-state index contributed by atoms with van der Waals surface area (Å²) in [6, 6.07) is 11.7. The molecule has 144 valence electrons. The Bertz CT molecular complexity index is 992. The minimum atomic E-state index is -0.449. The van der Waals surface area contributed by atoms with Gasteiger partial charge in [-0.2, -0.15) is 4.68 Å². The third-order valence-electron chi connectivity index (χ3n) is 4.00. The van der Waals surface area contributed by atoms with E-state index in [1.165, 1.54) is 16.4 Å². The molecule has 1 atom stereocenters. The molecule has 2 heterocycles. The van der Waals surface area contributed by atoms with Crippen molar-refractivity contribution in [3.8, 4) is 22.9 Å². The lowest BCUT2D eigenvalue weighted by molar-refractivity contribution is -0.115. The molecule has 10 heteroatoms. The van der Waals surface area contributed by atoms with Crippen LogP contribution in [0.3, 0.4) is 0 Å². The number of phenols is 1. The third kappa shape index (κ3) is 3.86. The second-order valence-corrected chi connectivity index (χ2v) is 7.31. The van der Waals surface area contributed by atoms with Crippen LogP contribution in [0.5, 0.6) is 17.2 Å². The van der Waals surface area contributed by atoms with E-state index in [2.05, 4.69) is 20.8 Å². The number of tetrazole rings is 1. The number of amides is 1. The van der Waals surface area contributed by atoms with E-state index in [4.69, 9.17) is 9.47 Å². The number of rotatable bonds is 5. The molecule has 1 aliphatic heterocycles. The van der Waals surface area contributed by atoms with Crippen molar-refractivity contribution in [3.05, 3.63) is 42.5 Å². The van der Waals surface area contributed by atoms with E-state index in [-0.39, 0.29) is 11.7 Å². The maximum atomic E-state index is 12.6. The van der Waals surface area contributed by atoms with Gasteiger partial charge in [-0.15, -0.1) is 5.10 Å². The van der Waals surface area contributed by atoms with Crippen molar-refractivity contribution in [3.63, 3.8) is 0 Å². The summed E-state index contributed by atoms with van der Waals surface area (Å²) in [4.78, 5) is 12.6. The second kappa shape index (κ2) is 7.77. The van der Waals surface area contributed by atoms with Gasteiger partial charge >= 0.3 is 0 Å². The summed E-state index contributed by atoms with van der Waals surface area (Å²) in [6.45, 7) is 2.77. The van der Waals surface area contributed by atoms with Gasteiger partial charge in [-0.25, -0.2) is 0 Å². The Labute approximate surface area is 164 Å². The van der Waals surface area contributed by atoms with Gasteiger partial charge in [-0.3, -0.25) is 4.79 Å². The maximum absolute atomic E-state index is 12.6. The lowest BCUT2D eigenvalue weighted by Crippen LogP contribution is -2.23. The Morgan fingerprint density at radius 2 is 1.93 bits per heavy atom. The number of nitrogens with one attached hydrogen (secondary N) is 1. The quantitative estimate of drug-likeness (QED) is 0.629. The lowest BCUT2D eigenvalue weighted by atomic mass is 10.2. The first-order valence-electron chi connectivity index (χ1n) is 8.55. The van der Waals surface area contributed by atoms with Crippen LogP contribution in [0.1, 0.15) is 6.92 Å². The molecule has 0 saturated heterocycles. The maximum Gasteiger partial charge on any atom is 0.237 e. The number of hydrogen-bond acceptors (Lipinski definition) is 8. The normalized spacial score (nSPS) is 13.8. The van der Waals surface area contributed by atoms with Gasteiger partial charge in [-0.05, 0) is 53.7 Å². The monoisotopic (exact) mass is 399 g/mol. The Kier molecular flexibility index (Phi) is 5.02. The standard InChI is InChI=1S/C18H17N5O4S/c1-11(17(25)19-12-2-7-15-16(10-12)27-9-8-26-15)28-18-20-21-22-23(18)13-3-5-14(24)6-4-13/h2-7,10-11,24H,8-9H2,1H3,(H,19,25)/t11-/m1/s1. The highest BCUT2D eigenvalue weighted by atomic mass is 32.2. The molecular weight excluding hydrogens is 382 g/mol. The van der Waals surface area contributed by atoms with E-state index in [9.17, 15) is 9.90 Å². The van der Waals surface area contributed by atoms with Gasteiger partial charge in [0.15, 0.2) is 11.5 Å². The molecule has 1 aliphatic rings. The van der Waals surface area contributed by atoms with Crippen molar-refractivity contribution < 1.29 is 19.4 Å². The Balaban J connectivity index is 1.44. The van der Waals surface area contributed by atoms with Crippen molar-refractivity contribution >= 4 is 23.4 Å². The summed E-state index contributed by atoms with van der Waals surface area (Å²) < 4.78 is 12.5. The van der Waals surface area contributed by atoms with Crippen molar-refractivity contribution in [1.29, 1.82) is 0 Å². The Morgan fingerprint density at radius 3 is 2.71 bits per heavy atom. The van der Waals surface area contributed by atoms with Gasteiger partial charge < -0.3 is 19.9 Å². The number of thioether (sulfide) groups is 1. The van der Waals surface area contributed by atoms with Gasteiger partial charge in [0.05, 0.1) is 10.9 Å². The van der Waals surface area contributed by atoms with Crippen molar-refractivity contribution in [2.24, 2.45) is 0 Å². The molecule has 2 N–H and O–H groups in total. The summed E-state index contributed by atoms with van der Waals surface area (Å²) in [6.07, 6.45) is 0. The summed E-state index contributed by atoms with van der Waals surface area (Å²) in [5.74, 6) is 1.24. The largest absolute Gasteiger partial charge is 0.508 e. The Hall–Kier alpha value is -3.27. The predicted octanol–water partition coefficient (Wildman–Crippen LogP) is 2.26. The number of aromatic nitrogens is 4. The minimum Gasteiger partial charge on any atom is -0.508 e. The van der Waals surface area contributed by atoms with Crippen molar-refractivity contribution in [1.82, 2.24) is 20.2 Å². The first-order chi connectivity index (χ1) is 13.6. The topological polar surface area (TPSA) is 111 Å². The summed E-state index contributed by atoms with van der Waals surface area (Å²) in [5.41, 5.74) is 1.31. The molecule has 2 aromatic carbocycles. The highest BCUT2D eigenvalue weighted by Crippen LogP contribution is 2.33. The molecule has 0 spiro atoms. The van der Waals surface area contributed by atoms with Gasteiger partial charge in [-0.1, -0.05) is 11.8 Å². The number of hydrogen-bond donors (Lipinski definition) is 2. The van der Waals surface area contributed by atoms with Crippen LogP contribution >= 0.6 is 11.8 Å². The zero-order valence-corrected chi connectivity index (χ0v) is 15.7. The number of carbonyl (C=O) groups is 1. The molecule has 0 unspecified atom stereocenters. The SMILES string of the molecule is C[C@@H](Sc1nnnn1-c1ccc(O)cc1)C(=O)Nc1ccc2c(c1)OCCO2. The predicted molar refractivity (Wildman–Crippen MR) is 102 cm³/mol. The number of nitrogens with zero attached hydrogens (tertiary/aromatic N) is 4. The molecule has 0 aliphatic carbocycles. The molecule has 0 bridgehead atoms. The smallest absolute Gasteiger partial charge is 0.237 e. The first-order valence-corrected chi connectivity index (χ1v) is 9.43. The lowest BCUT2D eigenvalue weighted by Gasteiger charge is -2.19. The molecular formula is C18H17N5O4S. The van der Waals surface area contributed by atoms with Crippen molar-refractivity contribution in [2.75, 3.05) is 18.5 Å². The number of ether oxygens (including phenoxy) is 2. The van der Waals surface area contributed by atoms with E-state index in [1.807, 2.05) is 0 Å². The van der Waals surface area contributed by atoms with Crippen LogP contribution < -0.4 is 14.8 Å². The average molecular weight is 399 g/mol. The number of carbonyl (C=O) groups excluding carboxylic acids is 1. The molecule has 0 fully saturated rings. The van der Waals surface area contributed by atoms with Gasteiger partial charge in [0.25, 0.3) is 0 Å². The second-order valence-electron chi connectivity index (χ2n) is 6.00. The fraction of sp³-hybridized carbons (Fsp3) is 0.222. The number of phenolic OH excluding ortho intramolecular Hbond substituents is 1. The minimum absolute atomic E-state index is 0.151. The molecule has 3 aromatic rings. The zero-order chi connectivity index (χ0) is 19.5. The van der Waals surface area contributed by atoms with Crippen LogP contribution in [0.15, 0.2) is 47.6 Å². The number of benzene rings is 2. The summed E-state index contributed by atoms with van der Waals surface area (Å²) in [5, 5.41) is 23.9. The number of aromatic hydroxyl groups is 1. The molecule has 0 radical (unpaired) electrons. The van der Waals surface area contributed by atoms with Crippen LogP contribution in [-0.4, -0.2) is 49.7 Å². The number of anilines is 1.